The van der Waals surface area contributed by atoms with Crippen LogP contribution in [0.25, 0.3) is 0 Å². The molecule has 2 aromatic rings. The van der Waals surface area contributed by atoms with Crippen molar-refractivity contribution in [2.24, 2.45) is 5.73 Å². The first-order valence-electron chi connectivity index (χ1n) is 7.09. The largest absolute Gasteiger partial charge is 0.493 e. The lowest BCUT2D eigenvalue weighted by atomic mass is 9.98. The van der Waals surface area contributed by atoms with Crippen LogP contribution in [0.3, 0.4) is 0 Å². The maximum atomic E-state index is 14.0. The van der Waals surface area contributed by atoms with Gasteiger partial charge in [-0.3, -0.25) is 0 Å². The second kappa shape index (κ2) is 6.16. The number of hydrogen-bond acceptors (Lipinski definition) is 2. The predicted molar refractivity (Wildman–Crippen MR) is 85.0 cm³/mol. The van der Waals surface area contributed by atoms with Crippen LogP contribution in [0.1, 0.15) is 29.2 Å². The van der Waals surface area contributed by atoms with Crippen LogP contribution >= 0.6 is 15.9 Å². The summed E-state index contributed by atoms with van der Waals surface area (Å²) in [7, 11) is 0. The summed E-state index contributed by atoms with van der Waals surface area (Å²) in [5.74, 6) is 0.730. The predicted octanol–water partition coefficient (Wildman–Crippen LogP) is 4.16. The zero-order valence-corrected chi connectivity index (χ0v) is 13.2. The van der Waals surface area contributed by atoms with Crippen molar-refractivity contribution in [2.75, 3.05) is 6.61 Å². The summed E-state index contributed by atoms with van der Waals surface area (Å²) in [5, 5.41) is 0. The van der Waals surface area contributed by atoms with Gasteiger partial charge in [0.25, 0.3) is 0 Å². The summed E-state index contributed by atoms with van der Waals surface area (Å²) in [4.78, 5) is 0. The van der Waals surface area contributed by atoms with Crippen LogP contribution < -0.4 is 10.5 Å². The standard InChI is InChI=1S/C17H17BrFNO/c18-14-3-1-2-13(17(14)19)15(20)6-4-11-5-7-16-12(10-11)8-9-21-16/h1-3,5,7,10,15H,4,6,8-9,20H2. The van der Waals surface area contributed by atoms with Gasteiger partial charge in [-0.1, -0.05) is 24.3 Å². The van der Waals surface area contributed by atoms with Gasteiger partial charge < -0.3 is 10.5 Å². The fourth-order valence-corrected chi connectivity index (χ4v) is 3.06. The van der Waals surface area contributed by atoms with E-state index in [2.05, 4.69) is 28.1 Å². The van der Waals surface area contributed by atoms with Crippen LogP contribution in [0, 0.1) is 5.82 Å². The summed E-state index contributed by atoms with van der Waals surface area (Å²) < 4.78 is 20.0. The second-order valence-electron chi connectivity index (χ2n) is 5.33. The van der Waals surface area contributed by atoms with Gasteiger partial charge in [-0.05, 0) is 52.0 Å². The van der Waals surface area contributed by atoms with Crippen molar-refractivity contribution in [1.82, 2.24) is 0 Å². The molecule has 21 heavy (non-hydrogen) atoms. The molecule has 2 N–H and O–H groups in total. The molecular weight excluding hydrogens is 333 g/mol. The van der Waals surface area contributed by atoms with E-state index in [0.717, 1.165) is 25.2 Å². The van der Waals surface area contributed by atoms with E-state index in [1.165, 1.54) is 11.1 Å². The first-order valence-corrected chi connectivity index (χ1v) is 7.88. The van der Waals surface area contributed by atoms with Gasteiger partial charge in [-0.15, -0.1) is 0 Å². The molecule has 0 aliphatic carbocycles. The number of hydrogen-bond donors (Lipinski definition) is 1. The fraction of sp³-hybridized carbons (Fsp3) is 0.294. The Morgan fingerprint density at radius 3 is 3.00 bits per heavy atom. The lowest BCUT2D eigenvalue weighted by Gasteiger charge is -2.14. The zero-order chi connectivity index (χ0) is 14.8. The van der Waals surface area contributed by atoms with Crippen molar-refractivity contribution in [3.63, 3.8) is 0 Å². The maximum absolute atomic E-state index is 14.0. The van der Waals surface area contributed by atoms with Gasteiger partial charge in [0.1, 0.15) is 11.6 Å². The number of halogens is 2. The van der Waals surface area contributed by atoms with Gasteiger partial charge in [0.15, 0.2) is 0 Å². The molecule has 0 amide bonds. The minimum Gasteiger partial charge on any atom is -0.493 e. The van der Waals surface area contributed by atoms with Crippen molar-refractivity contribution in [3.8, 4) is 5.75 Å². The van der Waals surface area contributed by atoms with Crippen molar-refractivity contribution in [3.05, 3.63) is 63.4 Å². The molecular formula is C17H17BrFNO. The van der Waals surface area contributed by atoms with E-state index in [-0.39, 0.29) is 11.9 Å². The Morgan fingerprint density at radius 2 is 2.14 bits per heavy atom. The number of ether oxygens (including phenoxy) is 1. The molecule has 4 heteroatoms. The molecule has 0 saturated heterocycles. The molecule has 0 saturated carbocycles. The van der Waals surface area contributed by atoms with E-state index in [0.29, 0.717) is 16.5 Å². The maximum Gasteiger partial charge on any atom is 0.142 e. The highest BCUT2D eigenvalue weighted by Crippen LogP contribution is 2.28. The van der Waals surface area contributed by atoms with E-state index in [1.807, 2.05) is 12.1 Å². The van der Waals surface area contributed by atoms with E-state index in [9.17, 15) is 4.39 Å². The molecule has 0 radical (unpaired) electrons. The van der Waals surface area contributed by atoms with E-state index in [1.54, 1.807) is 12.1 Å². The topological polar surface area (TPSA) is 35.2 Å². The Hall–Kier alpha value is -1.39. The minimum atomic E-state index is -0.299. The number of aryl methyl sites for hydroxylation is 1. The quantitative estimate of drug-likeness (QED) is 0.899. The molecule has 0 aromatic heterocycles. The number of benzene rings is 2. The Morgan fingerprint density at radius 1 is 1.29 bits per heavy atom. The molecule has 1 atom stereocenters. The fourth-order valence-electron chi connectivity index (χ4n) is 2.68. The van der Waals surface area contributed by atoms with Crippen molar-refractivity contribution in [1.29, 1.82) is 0 Å². The summed E-state index contributed by atoms with van der Waals surface area (Å²) in [5.41, 5.74) is 9.19. The average molecular weight is 350 g/mol. The zero-order valence-electron chi connectivity index (χ0n) is 11.6. The van der Waals surface area contributed by atoms with Gasteiger partial charge in [-0.2, -0.15) is 0 Å². The lowest BCUT2D eigenvalue weighted by Crippen LogP contribution is -2.13. The highest BCUT2D eigenvalue weighted by atomic mass is 79.9. The molecule has 0 bridgehead atoms. The smallest absolute Gasteiger partial charge is 0.142 e. The molecule has 0 fully saturated rings. The monoisotopic (exact) mass is 349 g/mol. The Labute approximate surface area is 132 Å². The van der Waals surface area contributed by atoms with Crippen LogP contribution in [0.15, 0.2) is 40.9 Å². The highest BCUT2D eigenvalue weighted by molar-refractivity contribution is 9.10. The lowest BCUT2D eigenvalue weighted by molar-refractivity contribution is 0.357. The third-order valence-corrected chi connectivity index (χ3v) is 4.49. The second-order valence-corrected chi connectivity index (χ2v) is 6.18. The molecule has 2 aromatic carbocycles. The molecule has 3 rings (SSSR count). The summed E-state index contributed by atoms with van der Waals surface area (Å²) >= 11 is 3.20. The summed E-state index contributed by atoms with van der Waals surface area (Å²) in [6.07, 6.45) is 2.52. The normalized spacial score (nSPS) is 14.6. The van der Waals surface area contributed by atoms with Gasteiger partial charge >= 0.3 is 0 Å². The molecule has 2 nitrogen and oxygen atoms in total. The van der Waals surface area contributed by atoms with Crippen molar-refractivity contribution < 1.29 is 9.13 Å². The highest BCUT2D eigenvalue weighted by Gasteiger charge is 2.15. The number of fused-ring (bicyclic) bond motifs is 1. The molecule has 1 unspecified atom stereocenters. The van der Waals surface area contributed by atoms with Crippen molar-refractivity contribution in [2.45, 2.75) is 25.3 Å². The van der Waals surface area contributed by atoms with E-state index < -0.39 is 0 Å². The van der Waals surface area contributed by atoms with Gasteiger partial charge in [0, 0.05) is 18.0 Å². The summed E-state index contributed by atoms with van der Waals surface area (Å²) in [6, 6.07) is 11.2. The van der Waals surface area contributed by atoms with Crippen LogP contribution in [-0.2, 0) is 12.8 Å². The number of nitrogens with two attached hydrogens (primary N) is 1. The molecule has 1 aliphatic rings. The first-order chi connectivity index (χ1) is 10.1. The van der Waals surface area contributed by atoms with E-state index >= 15 is 0 Å². The summed E-state index contributed by atoms with van der Waals surface area (Å²) in [6.45, 7) is 0.765. The Bertz CT molecular complexity index is 659. The van der Waals surface area contributed by atoms with Crippen LogP contribution in [-0.4, -0.2) is 6.61 Å². The Balaban J connectivity index is 1.68. The van der Waals surface area contributed by atoms with Gasteiger partial charge in [-0.25, -0.2) is 4.39 Å². The average Bonchev–Trinajstić information content (AvgIpc) is 2.95. The van der Waals surface area contributed by atoms with Crippen LogP contribution in [0.2, 0.25) is 0 Å². The van der Waals surface area contributed by atoms with Gasteiger partial charge in [0.05, 0.1) is 11.1 Å². The van der Waals surface area contributed by atoms with Crippen molar-refractivity contribution >= 4 is 15.9 Å². The SMILES string of the molecule is NC(CCc1ccc2c(c1)CCO2)c1cccc(Br)c1F. The minimum absolute atomic E-state index is 0.257. The third-order valence-electron chi connectivity index (χ3n) is 3.88. The first kappa shape index (κ1) is 14.5. The number of rotatable bonds is 4. The molecule has 1 aliphatic heterocycles. The molecule has 110 valence electrons. The van der Waals surface area contributed by atoms with Crippen LogP contribution in [0.5, 0.6) is 5.75 Å². The van der Waals surface area contributed by atoms with Crippen LogP contribution in [0.4, 0.5) is 4.39 Å². The molecule has 0 spiro atoms. The van der Waals surface area contributed by atoms with E-state index in [4.69, 9.17) is 10.5 Å². The Kier molecular flexibility index (Phi) is 4.27. The van der Waals surface area contributed by atoms with Gasteiger partial charge in [0.2, 0.25) is 0 Å². The third kappa shape index (κ3) is 3.11. The molecule has 1 heterocycles.